The summed E-state index contributed by atoms with van der Waals surface area (Å²) in [6.45, 7) is 5.64. The first-order valence-electron chi connectivity index (χ1n) is 12.2. The van der Waals surface area contributed by atoms with Crippen LogP contribution in [0.25, 0.3) is 0 Å². The van der Waals surface area contributed by atoms with E-state index in [1.807, 2.05) is 29.3 Å². The van der Waals surface area contributed by atoms with Crippen molar-refractivity contribution in [1.29, 1.82) is 0 Å². The molecular weight excluding hydrogens is 467 g/mol. The first-order valence-corrected chi connectivity index (χ1v) is 12.2. The molecule has 0 spiro atoms. The zero-order valence-electron chi connectivity index (χ0n) is 20.3. The van der Waals surface area contributed by atoms with Crippen molar-refractivity contribution in [1.82, 2.24) is 14.8 Å². The highest BCUT2D eigenvalue weighted by Gasteiger charge is 2.30. The second-order valence-corrected chi connectivity index (χ2v) is 8.90. The van der Waals surface area contributed by atoms with Gasteiger partial charge in [0, 0.05) is 56.6 Å². The zero-order chi connectivity index (χ0) is 25.5. The van der Waals surface area contributed by atoms with Crippen LogP contribution in [0.3, 0.4) is 0 Å². The normalized spacial score (nSPS) is 14.6. The Labute approximate surface area is 209 Å². The Kier molecular flexibility index (Phi) is 8.25. The predicted molar refractivity (Wildman–Crippen MR) is 132 cm³/mol. The van der Waals surface area contributed by atoms with Crippen LogP contribution in [0, 0.1) is 0 Å². The molecule has 8 heteroatoms. The van der Waals surface area contributed by atoms with E-state index in [9.17, 15) is 18.0 Å². The van der Waals surface area contributed by atoms with E-state index in [1.54, 1.807) is 12.1 Å². The van der Waals surface area contributed by atoms with E-state index in [0.29, 0.717) is 57.1 Å². The van der Waals surface area contributed by atoms with E-state index in [-0.39, 0.29) is 5.91 Å². The molecule has 2 aromatic carbocycles. The first kappa shape index (κ1) is 25.7. The Morgan fingerprint density at radius 2 is 1.58 bits per heavy atom. The monoisotopic (exact) mass is 497 g/mol. The van der Waals surface area contributed by atoms with E-state index < -0.39 is 11.7 Å². The fourth-order valence-corrected chi connectivity index (χ4v) is 4.13. The number of aromatic nitrogens is 1. The number of piperazine rings is 1. The topological polar surface area (TPSA) is 45.7 Å². The standard InChI is InChI=1S/C28H30F3N3O2/c1-2-21-5-10-25(32-19-21)13-18-36-26-11-6-23(7-12-26)27(35)34-16-14-33(15-17-34)20-22-3-8-24(9-4-22)28(29,30)31/h3-12,19H,2,13-18,20H2,1H3. The van der Waals surface area contributed by atoms with Gasteiger partial charge in [0.15, 0.2) is 0 Å². The summed E-state index contributed by atoms with van der Waals surface area (Å²) in [5, 5.41) is 0. The third-order valence-electron chi connectivity index (χ3n) is 6.37. The molecule has 0 bridgehead atoms. The Bertz CT molecular complexity index is 1120. The number of rotatable bonds is 8. The fraction of sp³-hybridized carbons (Fsp3) is 0.357. The van der Waals surface area contributed by atoms with Crippen molar-refractivity contribution in [2.24, 2.45) is 0 Å². The largest absolute Gasteiger partial charge is 0.493 e. The minimum Gasteiger partial charge on any atom is -0.493 e. The molecule has 2 heterocycles. The molecule has 36 heavy (non-hydrogen) atoms. The van der Waals surface area contributed by atoms with Crippen molar-refractivity contribution in [3.63, 3.8) is 0 Å². The van der Waals surface area contributed by atoms with Crippen LogP contribution in [0.15, 0.2) is 66.9 Å². The Morgan fingerprint density at radius 3 is 2.17 bits per heavy atom. The molecule has 1 aliphatic rings. The maximum atomic E-state index is 12.9. The molecule has 190 valence electrons. The van der Waals surface area contributed by atoms with Gasteiger partial charge in [0.25, 0.3) is 5.91 Å². The molecule has 3 aromatic rings. The van der Waals surface area contributed by atoms with Gasteiger partial charge < -0.3 is 9.64 Å². The van der Waals surface area contributed by atoms with Crippen molar-refractivity contribution in [2.75, 3.05) is 32.8 Å². The summed E-state index contributed by atoms with van der Waals surface area (Å²) in [6.07, 6.45) is -0.758. The number of hydrogen-bond acceptors (Lipinski definition) is 4. The highest BCUT2D eigenvalue weighted by atomic mass is 19.4. The highest BCUT2D eigenvalue weighted by Crippen LogP contribution is 2.29. The summed E-state index contributed by atoms with van der Waals surface area (Å²) < 4.78 is 44.0. The molecule has 1 saturated heterocycles. The number of pyridine rings is 1. The van der Waals surface area contributed by atoms with Gasteiger partial charge in [-0.1, -0.05) is 25.1 Å². The first-order chi connectivity index (χ1) is 17.3. The number of aryl methyl sites for hydroxylation is 1. The lowest BCUT2D eigenvalue weighted by atomic mass is 10.1. The fourth-order valence-electron chi connectivity index (χ4n) is 4.13. The molecule has 0 radical (unpaired) electrons. The predicted octanol–water partition coefficient (Wildman–Crippen LogP) is 5.24. The maximum absolute atomic E-state index is 12.9. The zero-order valence-corrected chi connectivity index (χ0v) is 20.3. The van der Waals surface area contributed by atoms with Crippen molar-refractivity contribution in [3.05, 3.63) is 94.8 Å². The van der Waals surface area contributed by atoms with Crippen molar-refractivity contribution >= 4 is 5.91 Å². The average Bonchev–Trinajstić information content (AvgIpc) is 2.89. The third kappa shape index (κ3) is 6.85. The summed E-state index contributed by atoms with van der Waals surface area (Å²) in [5.41, 5.74) is 2.98. The number of carbonyl (C=O) groups excluding carboxylic acids is 1. The number of halogens is 3. The van der Waals surface area contributed by atoms with E-state index in [0.717, 1.165) is 29.8 Å². The summed E-state index contributed by atoms with van der Waals surface area (Å²) in [7, 11) is 0. The minimum absolute atomic E-state index is 0.0315. The van der Waals surface area contributed by atoms with Crippen LogP contribution in [0.2, 0.25) is 0 Å². The Morgan fingerprint density at radius 1 is 0.917 bits per heavy atom. The lowest BCUT2D eigenvalue weighted by Gasteiger charge is -2.34. The van der Waals surface area contributed by atoms with Gasteiger partial charge in [0.1, 0.15) is 5.75 Å². The Balaban J connectivity index is 1.21. The van der Waals surface area contributed by atoms with Gasteiger partial charge in [0.2, 0.25) is 0 Å². The van der Waals surface area contributed by atoms with Crippen molar-refractivity contribution in [3.8, 4) is 5.75 Å². The van der Waals surface area contributed by atoms with Gasteiger partial charge in [-0.2, -0.15) is 13.2 Å². The molecule has 1 aliphatic heterocycles. The van der Waals surface area contributed by atoms with E-state index in [1.165, 1.54) is 17.7 Å². The molecule has 0 aliphatic carbocycles. The van der Waals surface area contributed by atoms with Crippen molar-refractivity contribution in [2.45, 2.75) is 32.5 Å². The molecule has 4 rings (SSSR count). The van der Waals surface area contributed by atoms with Crippen LogP contribution in [-0.4, -0.2) is 53.5 Å². The van der Waals surface area contributed by atoms with Gasteiger partial charge in [-0.15, -0.1) is 0 Å². The SMILES string of the molecule is CCc1ccc(CCOc2ccc(C(=O)N3CCN(Cc4ccc(C(F)(F)F)cc4)CC3)cc2)nc1. The molecule has 5 nitrogen and oxygen atoms in total. The van der Waals surface area contributed by atoms with Crippen LogP contribution < -0.4 is 4.74 Å². The summed E-state index contributed by atoms with van der Waals surface area (Å²) in [5.74, 6) is 0.675. The average molecular weight is 498 g/mol. The van der Waals surface area contributed by atoms with Crippen LogP contribution in [0.5, 0.6) is 5.75 Å². The van der Waals surface area contributed by atoms with Crippen molar-refractivity contribution < 1.29 is 22.7 Å². The third-order valence-corrected chi connectivity index (χ3v) is 6.37. The molecule has 0 saturated carbocycles. The van der Waals surface area contributed by atoms with Gasteiger partial charge in [-0.3, -0.25) is 14.7 Å². The highest BCUT2D eigenvalue weighted by molar-refractivity contribution is 5.94. The van der Waals surface area contributed by atoms with Gasteiger partial charge in [-0.05, 0) is 60.0 Å². The Hall–Kier alpha value is -3.39. The number of amides is 1. The number of benzene rings is 2. The molecule has 0 unspecified atom stereocenters. The van der Waals surface area contributed by atoms with Crippen LogP contribution in [-0.2, 0) is 25.6 Å². The molecular formula is C28H30F3N3O2. The quantitative estimate of drug-likeness (QED) is 0.427. The van der Waals surface area contributed by atoms with Gasteiger partial charge in [0.05, 0.1) is 12.2 Å². The molecule has 1 aromatic heterocycles. The van der Waals surface area contributed by atoms with Crippen LogP contribution in [0.4, 0.5) is 13.2 Å². The van der Waals surface area contributed by atoms with Crippen LogP contribution in [0.1, 0.15) is 39.7 Å². The van der Waals surface area contributed by atoms with Gasteiger partial charge in [-0.25, -0.2) is 0 Å². The van der Waals surface area contributed by atoms with Crippen LogP contribution >= 0.6 is 0 Å². The maximum Gasteiger partial charge on any atom is 0.416 e. The molecule has 0 N–H and O–H groups in total. The second-order valence-electron chi connectivity index (χ2n) is 8.90. The number of alkyl halides is 3. The molecule has 1 amide bonds. The number of ether oxygens (including phenoxy) is 1. The lowest BCUT2D eigenvalue weighted by Crippen LogP contribution is -2.48. The smallest absolute Gasteiger partial charge is 0.416 e. The lowest BCUT2D eigenvalue weighted by molar-refractivity contribution is -0.137. The number of nitrogens with zero attached hydrogens (tertiary/aromatic N) is 3. The second kappa shape index (κ2) is 11.6. The van der Waals surface area contributed by atoms with E-state index in [2.05, 4.69) is 22.9 Å². The number of carbonyl (C=O) groups is 1. The summed E-state index contributed by atoms with van der Waals surface area (Å²) in [6, 6.07) is 16.5. The molecule has 1 fully saturated rings. The summed E-state index contributed by atoms with van der Waals surface area (Å²) >= 11 is 0. The summed E-state index contributed by atoms with van der Waals surface area (Å²) in [4.78, 5) is 21.3. The van der Waals surface area contributed by atoms with E-state index in [4.69, 9.17) is 4.74 Å². The number of hydrogen-bond donors (Lipinski definition) is 0. The van der Waals surface area contributed by atoms with E-state index >= 15 is 0 Å². The minimum atomic E-state index is -4.33. The molecule has 0 atom stereocenters. The van der Waals surface area contributed by atoms with Gasteiger partial charge >= 0.3 is 6.18 Å².